The summed E-state index contributed by atoms with van der Waals surface area (Å²) in [7, 11) is 1.76. The zero-order valence-electron chi connectivity index (χ0n) is 20.9. The Hall–Kier alpha value is -3.06. The fraction of sp³-hybridized carbons (Fsp3) is 0.500. The van der Waals surface area contributed by atoms with Crippen LogP contribution in [0.3, 0.4) is 0 Å². The van der Waals surface area contributed by atoms with Gasteiger partial charge in [0, 0.05) is 74.0 Å². The van der Waals surface area contributed by atoms with Crippen molar-refractivity contribution in [3.05, 3.63) is 70.3 Å². The number of pyridine rings is 1. The first kappa shape index (κ1) is 23.7. The number of rotatable bonds is 8. The molecule has 1 saturated heterocycles. The summed E-state index contributed by atoms with van der Waals surface area (Å²) < 4.78 is 3.93. The third-order valence-corrected chi connectivity index (χ3v) is 7.56. The molecule has 35 heavy (non-hydrogen) atoms. The summed E-state index contributed by atoms with van der Waals surface area (Å²) in [6.07, 6.45) is 9.38. The minimum absolute atomic E-state index is 0.000392. The van der Waals surface area contributed by atoms with Crippen molar-refractivity contribution in [1.29, 1.82) is 0 Å². The summed E-state index contributed by atoms with van der Waals surface area (Å²) in [6.45, 7) is 5.42. The summed E-state index contributed by atoms with van der Waals surface area (Å²) in [4.78, 5) is 27.9. The van der Waals surface area contributed by atoms with Crippen molar-refractivity contribution < 1.29 is 4.79 Å². The maximum atomic E-state index is 13.6. The van der Waals surface area contributed by atoms with E-state index >= 15 is 0 Å². The van der Waals surface area contributed by atoms with Crippen LogP contribution in [0, 0.1) is 0 Å². The second-order valence-corrected chi connectivity index (χ2v) is 10.1. The van der Waals surface area contributed by atoms with Gasteiger partial charge in [-0.3, -0.25) is 4.79 Å². The molecular formula is C28H37N5O2. The van der Waals surface area contributed by atoms with Crippen molar-refractivity contribution >= 4 is 16.9 Å². The summed E-state index contributed by atoms with van der Waals surface area (Å²) in [5.74, 6) is 0.131. The number of aromatic nitrogens is 2. The standard InChI is InChI=1S/C28H37N5O2/c1-3-4-14-32-18-21(24-7-5-6-8-26(24)32)19-33(22-9-10-22)28(35)30-25-17-29-13-11-23(25)20-12-15-31(2)27(34)16-20/h5-8,12,15-16,18,22-23,25,29H,3-4,9-11,13-14,17,19H2,1-2H3,(H,30,35)/t23-,25+/m0/s1. The number of nitrogens with one attached hydrogen (secondary N) is 2. The van der Waals surface area contributed by atoms with Gasteiger partial charge < -0.3 is 24.7 Å². The highest BCUT2D eigenvalue weighted by molar-refractivity contribution is 5.84. The van der Waals surface area contributed by atoms with E-state index in [0.717, 1.165) is 50.8 Å². The van der Waals surface area contributed by atoms with Gasteiger partial charge in [0.15, 0.2) is 0 Å². The number of unbranched alkanes of at least 4 members (excludes halogenated alkanes) is 1. The van der Waals surface area contributed by atoms with Crippen LogP contribution in [0.4, 0.5) is 4.79 Å². The molecule has 0 bridgehead atoms. The van der Waals surface area contributed by atoms with E-state index in [1.807, 2.05) is 17.2 Å². The minimum atomic E-state index is -0.0458. The van der Waals surface area contributed by atoms with Crippen LogP contribution in [-0.4, -0.2) is 45.2 Å². The van der Waals surface area contributed by atoms with Gasteiger partial charge >= 0.3 is 6.03 Å². The molecule has 7 heteroatoms. The van der Waals surface area contributed by atoms with Crippen LogP contribution in [0.1, 0.15) is 56.1 Å². The predicted molar refractivity (Wildman–Crippen MR) is 140 cm³/mol. The second-order valence-electron chi connectivity index (χ2n) is 10.1. The smallest absolute Gasteiger partial charge is 0.318 e. The highest BCUT2D eigenvalue weighted by Crippen LogP contribution is 2.32. The topological polar surface area (TPSA) is 71.3 Å². The predicted octanol–water partition coefficient (Wildman–Crippen LogP) is 3.96. The van der Waals surface area contributed by atoms with E-state index in [-0.39, 0.29) is 23.6 Å². The molecule has 2 N–H and O–H groups in total. The highest BCUT2D eigenvalue weighted by Gasteiger charge is 2.36. The lowest BCUT2D eigenvalue weighted by Gasteiger charge is -2.35. The Kier molecular flexibility index (Phi) is 6.95. The normalized spacial score (nSPS) is 20.2. The van der Waals surface area contributed by atoms with Crippen LogP contribution in [0.5, 0.6) is 0 Å². The van der Waals surface area contributed by atoms with Crippen molar-refractivity contribution in [3.8, 4) is 0 Å². The van der Waals surface area contributed by atoms with Crippen molar-refractivity contribution in [3.63, 3.8) is 0 Å². The number of carbonyl (C=O) groups excluding carboxylic acids is 1. The number of benzene rings is 1. The van der Waals surface area contributed by atoms with E-state index in [0.29, 0.717) is 19.1 Å². The number of hydrogen-bond donors (Lipinski definition) is 2. The van der Waals surface area contributed by atoms with Crippen LogP contribution in [-0.2, 0) is 20.1 Å². The molecule has 2 fully saturated rings. The molecule has 5 rings (SSSR count). The Balaban J connectivity index is 1.36. The first-order valence-electron chi connectivity index (χ1n) is 13.1. The number of para-hydroxylation sites is 1. The Morgan fingerprint density at radius 3 is 2.80 bits per heavy atom. The summed E-state index contributed by atoms with van der Waals surface area (Å²) in [5, 5.41) is 8.00. The number of carbonyl (C=O) groups is 1. The van der Waals surface area contributed by atoms with Crippen molar-refractivity contribution in [2.24, 2.45) is 7.05 Å². The molecule has 0 spiro atoms. The van der Waals surface area contributed by atoms with Crippen LogP contribution >= 0.6 is 0 Å². The Morgan fingerprint density at radius 1 is 1.20 bits per heavy atom. The maximum absolute atomic E-state index is 13.6. The van der Waals surface area contributed by atoms with E-state index in [2.05, 4.69) is 52.6 Å². The van der Waals surface area contributed by atoms with Gasteiger partial charge in [-0.1, -0.05) is 31.5 Å². The average molecular weight is 476 g/mol. The first-order valence-corrected chi connectivity index (χ1v) is 13.1. The number of fused-ring (bicyclic) bond motifs is 1. The van der Waals surface area contributed by atoms with Crippen LogP contribution in [0.25, 0.3) is 10.9 Å². The lowest BCUT2D eigenvalue weighted by Crippen LogP contribution is -2.53. The zero-order valence-corrected chi connectivity index (χ0v) is 20.9. The van der Waals surface area contributed by atoms with Gasteiger partial charge in [0.2, 0.25) is 0 Å². The molecule has 2 amide bonds. The van der Waals surface area contributed by atoms with Gasteiger partial charge in [-0.25, -0.2) is 4.79 Å². The largest absolute Gasteiger partial charge is 0.347 e. The quantitative estimate of drug-likeness (QED) is 0.518. The van der Waals surface area contributed by atoms with E-state index in [4.69, 9.17) is 0 Å². The number of amides is 2. The number of nitrogens with zero attached hydrogens (tertiary/aromatic N) is 3. The van der Waals surface area contributed by atoms with Gasteiger partial charge in [0.1, 0.15) is 0 Å². The third kappa shape index (κ3) is 5.15. The summed E-state index contributed by atoms with van der Waals surface area (Å²) in [6, 6.07) is 12.5. The SMILES string of the molecule is CCCCn1cc(CN(C(=O)N[C@@H]2CNCC[C@H]2c2ccn(C)c(=O)c2)C2CC2)c2ccccc21. The Bertz CT molecular complexity index is 1240. The fourth-order valence-corrected chi connectivity index (χ4v) is 5.34. The summed E-state index contributed by atoms with van der Waals surface area (Å²) in [5.41, 5.74) is 3.46. The number of urea groups is 1. The van der Waals surface area contributed by atoms with E-state index < -0.39 is 0 Å². The Morgan fingerprint density at radius 2 is 2.03 bits per heavy atom. The van der Waals surface area contributed by atoms with Crippen LogP contribution in [0.15, 0.2) is 53.6 Å². The van der Waals surface area contributed by atoms with Gasteiger partial charge in [-0.2, -0.15) is 0 Å². The van der Waals surface area contributed by atoms with Crippen molar-refractivity contribution in [2.75, 3.05) is 13.1 Å². The number of aryl methyl sites for hydroxylation is 2. The highest BCUT2D eigenvalue weighted by atomic mass is 16.2. The van der Waals surface area contributed by atoms with Gasteiger partial charge in [0.05, 0.1) is 0 Å². The average Bonchev–Trinajstić information content (AvgIpc) is 3.65. The molecule has 1 saturated carbocycles. The van der Waals surface area contributed by atoms with Crippen molar-refractivity contribution in [2.45, 2.75) is 70.1 Å². The zero-order chi connectivity index (χ0) is 24.4. The number of piperidine rings is 1. The first-order chi connectivity index (χ1) is 17.0. The van der Waals surface area contributed by atoms with Gasteiger partial charge in [-0.05, 0) is 55.5 Å². The molecular weight excluding hydrogens is 438 g/mol. The second kappa shape index (κ2) is 10.3. The van der Waals surface area contributed by atoms with Gasteiger partial charge in [-0.15, -0.1) is 0 Å². The van der Waals surface area contributed by atoms with Crippen molar-refractivity contribution in [1.82, 2.24) is 24.7 Å². The van der Waals surface area contributed by atoms with E-state index in [9.17, 15) is 9.59 Å². The molecule has 2 atom stereocenters. The van der Waals surface area contributed by atoms with E-state index in [1.165, 1.54) is 16.5 Å². The van der Waals surface area contributed by atoms with Crippen LogP contribution in [0.2, 0.25) is 0 Å². The molecule has 1 aliphatic carbocycles. The molecule has 0 unspecified atom stereocenters. The molecule has 186 valence electrons. The molecule has 0 radical (unpaired) electrons. The molecule has 1 aromatic carbocycles. The number of hydrogen-bond acceptors (Lipinski definition) is 3. The molecule has 1 aliphatic heterocycles. The molecule has 7 nitrogen and oxygen atoms in total. The third-order valence-electron chi connectivity index (χ3n) is 7.56. The minimum Gasteiger partial charge on any atom is -0.347 e. The Labute approximate surface area is 207 Å². The molecule has 3 heterocycles. The molecule has 2 aliphatic rings. The monoisotopic (exact) mass is 475 g/mol. The maximum Gasteiger partial charge on any atom is 0.318 e. The summed E-state index contributed by atoms with van der Waals surface area (Å²) >= 11 is 0. The lowest BCUT2D eigenvalue weighted by molar-refractivity contribution is 0.183. The molecule has 3 aromatic rings. The fourth-order valence-electron chi connectivity index (χ4n) is 5.34. The van der Waals surface area contributed by atoms with Gasteiger partial charge in [0.25, 0.3) is 5.56 Å². The van der Waals surface area contributed by atoms with E-state index in [1.54, 1.807) is 17.7 Å². The molecule has 2 aromatic heterocycles. The van der Waals surface area contributed by atoms with Crippen LogP contribution < -0.4 is 16.2 Å². The lowest BCUT2D eigenvalue weighted by atomic mass is 9.86.